The number of ether oxygens (including phenoxy) is 2. The molecule has 0 radical (unpaired) electrons. The van der Waals surface area contributed by atoms with Crippen molar-refractivity contribution in [2.75, 3.05) is 25.0 Å². The van der Waals surface area contributed by atoms with Crippen molar-refractivity contribution >= 4 is 35.1 Å². The van der Waals surface area contributed by atoms with Gasteiger partial charge in [-0.1, -0.05) is 0 Å². The molecule has 0 aliphatic rings. The Morgan fingerprint density at radius 1 is 1.17 bits per heavy atom. The van der Waals surface area contributed by atoms with Crippen molar-refractivity contribution in [1.29, 1.82) is 0 Å². The Bertz CT molecular complexity index is 302. The van der Waals surface area contributed by atoms with E-state index in [1.54, 1.807) is 13.8 Å². The minimum Gasteiger partial charge on any atom is -0.463 e. The summed E-state index contributed by atoms with van der Waals surface area (Å²) in [5.41, 5.74) is 0.214. The molecule has 4 nitrogen and oxygen atoms in total. The molecule has 0 saturated carbocycles. The van der Waals surface area contributed by atoms with E-state index in [9.17, 15) is 9.59 Å². The fraction of sp³-hybridized carbons (Fsp3) is 0.667. The van der Waals surface area contributed by atoms with Crippen molar-refractivity contribution in [2.24, 2.45) is 5.92 Å². The Morgan fingerprint density at radius 3 is 2.22 bits per heavy atom. The highest BCUT2D eigenvalue weighted by atomic mass is 35.5. The number of rotatable bonds is 8. The Labute approximate surface area is 117 Å². The van der Waals surface area contributed by atoms with Crippen molar-refractivity contribution in [3.05, 3.63) is 11.6 Å². The summed E-state index contributed by atoms with van der Waals surface area (Å²) in [5, 5.41) is 0. The number of esters is 2. The molecular formula is C12H18Cl2O4. The average molecular weight is 297 g/mol. The van der Waals surface area contributed by atoms with E-state index in [2.05, 4.69) is 0 Å². The van der Waals surface area contributed by atoms with E-state index in [4.69, 9.17) is 32.7 Å². The van der Waals surface area contributed by atoms with Crippen molar-refractivity contribution in [1.82, 2.24) is 0 Å². The van der Waals surface area contributed by atoms with Gasteiger partial charge in [0.2, 0.25) is 0 Å². The van der Waals surface area contributed by atoms with Gasteiger partial charge in [0.05, 0.1) is 13.2 Å². The van der Waals surface area contributed by atoms with Gasteiger partial charge in [-0.15, -0.1) is 23.2 Å². The summed E-state index contributed by atoms with van der Waals surface area (Å²) in [7, 11) is 0. The van der Waals surface area contributed by atoms with Gasteiger partial charge in [0.25, 0.3) is 0 Å². The van der Waals surface area contributed by atoms with Crippen LogP contribution in [0, 0.1) is 5.92 Å². The lowest BCUT2D eigenvalue weighted by atomic mass is 9.98. The maximum Gasteiger partial charge on any atom is 0.334 e. The predicted molar refractivity (Wildman–Crippen MR) is 70.9 cm³/mol. The molecule has 1 atom stereocenters. The molecule has 0 amide bonds. The average Bonchev–Trinajstić information content (AvgIpc) is 2.34. The van der Waals surface area contributed by atoms with E-state index in [1.165, 1.54) is 0 Å². The fourth-order valence-electron chi connectivity index (χ4n) is 1.32. The van der Waals surface area contributed by atoms with Crippen LogP contribution in [-0.2, 0) is 19.1 Å². The van der Waals surface area contributed by atoms with Gasteiger partial charge in [0.1, 0.15) is 0 Å². The fourth-order valence-corrected chi connectivity index (χ4v) is 1.90. The van der Waals surface area contributed by atoms with Crippen LogP contribution in [0.4, 0.5) is 0 Å². The molecule has 0 aliphatic heterocycles. The molecule has 0 bridgehead atoms. The number of hydrogen-bond donors (Lipinski definition) is 0. The maximum atomic E-state index is 11.8. The lowest BCUT2D eigenvalue weighted by Gasteiger charge is -2.15. The first-order chi connectivity index (χ1) is 8.60. The highest BCUT2D eigenvalue weighted by Crippen LogP contribution is 2.19. The van der Waals surface area contributed by atoms with Crippen LogP contribution in [0.1, 0.15) is 20.3 Å². The molecule has 0 aromatic heterocycles. The molecule has 0 aromatic carbocycles. The molecular weight excluding hydrogens is 279 g/mol. The number of carbonyl (C=O) groups is 2. The monoisotopic (exact) mass is 296 g/mol. The van der Waals surface area contributed by atoms with Gasteiger partial charge in [-0.05, 0) is 20.3 Å². The predicted octanol–water partition coefficient (Wildman–Crippen LogP) is 2.52. The van der Waals surface area contributed by atoms with E-state index in [1.807, 2.05) is 0 Å². The van der Waals surface area contributed by atoms with E-state index in [-0.39, 0.29) is 30.6 Å². The zero-order valence-corrected chi connectivity index (χ0v) is 12.1. The minimum atomic E-state index is -0.578. The largest absolute Gasteiger partial charge is 0.463 e. The van der Waals surface area contributed by atoms with Crippen LogP contribution < -0.4 is 0 Å². The van der Waals surface area contributed by atoms with Gasteiger partial charge >= 0.3 is 11.9 Å². The molecule has 6 heteroatoms. The summed E-state index contributed by atoms with van der Waals surface area (Å²) in [6.45, 7) is 3.85. The first-order valence-corrected chi connectivity index (χ1v) is 6.84. The van der Waals surface area contributed by atoms with Crippen molar-refractivity contribution in [2.45, 2.75) is 20.3 Å². The molecule has 0 saturated heterocycles. The van der Waals surface area contributed by atoms with Crippen molar-refractivity contribution in [3.8, 4) is 0 Å². The standard InChI is InChI=1S/C12H18Cl2O4/c1-3-17-11(15)7-10(12(16)18-4-2)9(8-14)5-6-13/h7,9H,3-6,8H2,1-2H3/b10-7-. The summed E-state index contributed by atoms with van der Waals surface area (Å²) in [5.74, 6) is -0.910. The molecule has 0 N–H and O–H groups in total. The third-order valence-electron chi connectivity index (χ3n) is 2.15. The smallest absolute Gasteiger partial charge is 0.334 e. The second-order valence-electron chi connectivity index (χ2n) is 3.40. The highest BCUT2D eigenvalue weighted by Gasteiger charge is 2.22. The van der Waals surface area contributed by atoms with E-state index in [0.29, 0.717) is 12.3 Å². The SMILES string of the molecule is CCOC(=O)/C=C(\C(=O)OCC)C(CCl)CCCl. The van der Waals surface area contributed by atoms with Crippen molar-refractivity contribution in [3.63, 3.8) is 0 Å². The van der Waals surface area contributed by atoms with Gasteiger partial charge in [-0.25, -0.2) is 9.59 Å². The quantitative estimate of drug-likeness (QED) is 0.392. The van der Waals surface area contributed by atoms with Crippen molar-refractivity contribution < 1.29 is 19.1 Å². The number of hydrogen-bond acceptors (Lipinski definition) is 4. The molecule has 18 heavy (non-hydrogen) atoms. The molecule has 0 aliphatic carbocycles. The molecule has 0 aromatic rings. The van der Waals surface area contributed by atoms with E-state index in [0.717, 1.165) is 6.08 Å². The van der Waals surface area contributed by atoms with Crippen LogP contribution in [0.5, 0.6) is 0 Å². The molecule has 0 fully saturated rings. The topological polar surface area (TPSA) is 52.6 Å². The first-order valence-electron chi connectivity index (χ1n) is 5.78. The summed E-state index contributed by atoms with van der Waals surface area (Å²) >= 11 is 11.4. The minimum absolute atomic E-state index is 0.191. The van der Waals surface area contributed by atoms with E-state index >= 15 is 0 Å². The number of halogens is 2. The summed E-state index contributed by atoms with van der Waals surface area (Å²) in [6, 6.07) is 0. The van der Waals surface area contributed by atoms with Crippen LogP contribution in [0.2, 0.25) is 0 Å². The zero-order valence-electron chi connectivity index (χ0n) is 10.6. The highest BCUT2D eigenvalue weighted by molar-refractivity contribution is 6.19. The van der Waals surface area contributed by atoms with Gasteiger partial charge < -0.3 is 9.47 Å². The Balaban J connectivity index is 5.01. The van der Waals surface area contributed by atoms with Gasteiger partial charge in [0.15, 0.2) is 0 Å². The molecule has 0 spiro atoms. The van der Waals surface area contributed by atoms with Crippen LogP contribution in [0.25, 0.3) is 0 Å². The molecule has 0 rings (SSSR count). The molecule has 104 valence electrons. The van der Waals surface area contributed by atoms with Gasteiger partial charge in [-0.2, -0.15) is 0 Å². The second kappa shape index (κ2) is 10.2. The van der Waals surface area contributed by atoms with Crippen LogP contribution in [0.15, 0.2) is 11.6 Å². The lowest BCUT2D eigenvalue weighted by molar-refractivity contribution is -0.141. The zero-order chi connectivity index (χ0) is 14.0. The molecule has 1 unspecified atom stereocenters. The van der Waals surface area contributed by atoms with E-state index < -0.39 is 11.9 Å². The number of alkyl halides is 2. The maximum absolute atomic E-state index is 11.8. The first kappa shape index (κ1) is 17.3. The third-order valence-corrected chi connectivity index (χ3v) is 2.75. The summed E-state index contributed by atoms with van der Waals surface area (Å²) in [4.78, 5) is 23.2. The van der Waals surface area contributed by atoms with Crippen LogP contribution >= 0.6 is 23.2 Å². The van der Waals surface area contributed by atoms with Crippen LogP contribution in [-0.4, -0.2) is 36.9 Å². The Morgan fingerprint density at radius 2 is 1.78 bits per heavy atom. The Hall–Kier alpha value is -0.740. The normalized spacial score (nSPS) is 13.0. The summed E-state index contributed by atoms with van der Waals surface area (Å²) in [6.07, 6.45) is 1.64. The number of carbonyl (C=O) groups excluding carboxylic acids is 2. The molecule has 0 heterocycles. The second-order valence-corrected chi connectivity index (χ2v) is 4.09. The lowest BCUT2D eigenvalue weighted by Crippen LogP contribution is -2.20. The van der Waals surface area contributed by atoms with Gasteiger partial charge in [-0.3, -0.25) is 0 Å². The summed E-state index contributed by atoms with van der Waals surface area (Å²) < 4.78 is 9.67. The third kappa shape index (κ3) is 6.26. The Kier molecular flexibility index (Phi) is 9.79. The van der Waals surface area contributed by atoms with Crippen LogP contribution in [0.3, 0.4) is 0 Å². The van der Waals surface area contributed by atoms with Gasteiger partial charge in [0, 0.05) is 29.3 Å².